The van der Waals surface area contributed by atoms with Gasteiger partial charge >= 0.3 is 6.03 Å². The van der Waals surface area contributed by atoms with Gasteiger partial charge in [-0.15, -0.1) is 0 Å². The third-order valence-corrected chi connectivity index (χ3v) is 5.99. The average Bonchev–Trinajstić information content (AvgIpc) is 2.78. The molecule has 0 aliphatic carbocycles. The zero-order valence-electron chi connectivity index (χ0n) is 17.9. The summed E-state index contributed by atoms with van der Waals surface area (Å²) in [5.41, 5.74) is 0.619. The van der Waals surface area contributed by atoms with E-state index in [0.29, 0.717) is 35.1 Å². The molecule has 0 atom stereocenters. The fraction of sp³-hybridized carbons (Fsp3) is 0.667. The van der Waals surface area contributed by atoms with Gasteiger partial charge in [-0.1, -0.05) is 0 Å². The summed E-state index contributed by atoms with van der Waals surface area (Å²) in [6.45, 7) is 3.68. The van der Waals surface area contributed by atoms with Gasteiger partial charge in [-0.2, -0.15) is 0 Å². The van der Waals surface area contributed by atoms with Crippen LogP contribution in [0.4, 0.5) is 10.5 Å². The third kappa shape index (κ3) is 5.05. The normalized spacial score (nSPS) is 19.1. The molecule has 0 unspecified atom stereocenters. The number of anilines is 1. The van der Waals surface area contributed by atoms with E-state index in [2.05, 4.69) is 10.2 Å². The molecule has 0 spiro atoms. The summed E-state index contributed by atoms with van der Waals surface area (Å²) < 4.78 is 21.5. The Morgan fingerprint density at radius 1 is 0.897 bits per heavy atom. The first-order valence-corrected chi connectivity index (χ1v) is 10.2. The number of methoxy groups -OCH3 is 4. The van der Waals surface area contributed by atoms with Crippen LogP contribution in [0.15, 0.2) is 12.1 Å². The summed E-state index contributed by atoms with van der Waals surface area (Å²) in [6, 6.07) is 3.94. The van der Waals surface area contributed by atoms with Crippen molar-refractivity contribution in [2.24, 2.45) is 0 Å². The maximum Gasteiger partial charge on any atom is 0.321 e. The van der Waals surface area contributed by atoms with Gasteiger partial charge in [0.1, 0.15) is 0 Å². The fourth-order valence-electron chi connectivity index (χ4n) is 4.27. The van der Waals surface area contributed by atoms with Gasteiger partial charge in [0.25, 0.3) is 0 Å². The van der Waals surface area contributed by atoms with Crippen molar-refractivity contribution in [3.63, 3.8) is 0 Å². The quantitative estimate of drug-likeness (QED) is 0.782. The number of carbonyl (C=O) groups excluding carboxylic acids is 1. The van der Waals surface area contributed by atoms with Crippen molar-refractivity contribution in [3.8, 4) is 17.2 Å². The molecule has 1 aromatic rings. The van der Waals surface area contributed by atoms with E-state index in [0.717, 1.165) is 51.9 Å². The molecule has 2 aliphatic rings. The number of rotatable bonds is 6. The van der Waals surface area contributed by atoms with Gasteiger partial charge in [0.05, 0.1) is 33.1 Å². The van der Waals surface area contributed by atoms with Crippen molar-refractivity contribution in [2.75, 3.05) is 59.9 Å². The zero-order chi connectivity index (χ0) is 20.8. The molecule has 2 fully saturated rings. The highest BCUT2D eigenvalue weighted by molar-refractivity contribution is 5.90. The first-order valence-electron chi connectivity index (χ1n) is 10.2. The second-order valence-electron chi connectivity index (χ2n) is 7.53. The number of piperidine rings is 2. The van der Waals surface area contributed by atoms with Crippen molar-refractivity contribution in [1.82, 2.24) is 9.80 Å². The van der Waals surface area contributed by atoms with E-state index >= 15 is 0 Å². The molecule has 2 amide bonds. The summed E-state index contributed by atoms with van der Waals surface area (Å²) in [5.74, 6) is 1.53. The van der Waals surface area contributed by atoms with Gasteiger partial charge in [-0.05, 0) is 25.7 Å². The van der Waals surface area contributed by atoms with E-state index in [1.165, 1.54) is 0 Å². The second-order valence-corrected chi connectivity index (χ2v) is 7.53. The number of urea groups is 1. The molecule has 0 aromatic heterocycles. The van der Waals surface area contributed by atoms with Crippen molar-refractivity contribution in [2.45, 2.75) is 37.8 Å². The summed E-state index contributed by atoms with van der Waals surface area (Å²) in [5, 5.41) is 2.96. The minimum atomic E-state index is -0.101. The van der Waals surface area contributed by atoms with E-state index in [4.69, 9.17) is 18.9 Å². The average molecular weight is 408 g/mol. The number of likely N-dealkylation sites (tertiary alicyclic amines) is 2. The largest absolute Gasteiger partial charge is 0.493 e. The summed E-state index contributed by atoms with van der Waals surface area (Å²) in [4.78, 5) is 17.2. The van der Waals surface area contributed by atoms with Gasteiger partial charge in [-0.3, -0.25) is 0 Å². The lowest BCUT2D eigenvalue weighted by molar-refractivity contribution is 0.0173. The molecule has 0 saturated carbocycles. The predicted octanol–water partition coefficient (Wildman–Crippen LogP) is 2.82. The highest BCUT2D eigenvalue weighted by Gasteiger charge is 2.29. The van der Waals surface area contributed by atoms with Crippen LogP contribution < -0.4 is 19.5 Å². The molecule has 3 rings (SSSR count). The Kier molecular flexibility index (Phi) is 7.44. The Morgan fingerprint density at radius 3 is 1.97 bits per heavy atom. The summed E-state index contributed by atoms with van der Waals surface area (Å²) in [6.07, 6.45) is 4.59. The molecule has 8 heteroatoms. The Balaban J connectivity index is 1.55. The maximum atomic E-state index is 12.8. The molecule has 162 valence electrons. The number of benzene rings is 1. The number of hydrogen-bond acceptors (Lipinski definition) is 6. The van der Waals surface area contributed by atoms with Crippen LogP contribution >= 0.6 is 0 Å². The Bertz CT molecular complexity index is 658. The third-order valence-electron chi connectivity index (χ3n) is 5.99. The summed E-state index contributed by atoms with van der Waals surface area (Å²) in [7, 11) is 6.47. The topological polar surface area (TPSA) is 72.5 Å². The van der Waals surface area contributed by atoms with Crippen molar-refractivity contribution in [1.29, 1.82) is 0 Å². The van der Waals surface area contributed by atoms with Crippen LogP contribution in [0, 0.1) is 0 Å². The van der Waals surface area contributed by atoms with E-state index in [-0.39, 0.29) is 6.03 Å². The van der Waals surface area contributed by atoms with Crippen molar-refractivity contribution in [3.05, 3.63) is 12.1 Å². The first kappa shape index (κ1) is 21.5. The van der Waals surface area contributed by atoms with Crippen LogP contribution in [0.3, 0.4) is 0 Å². The Morgan fingerprint density at radius 2 is 1.48 bits per heavy atom. The number of amides is 2. The molecule has 8 nitrogen and oxygen atoms in total. The lowest BCUT2D eigenvalue weighted by atomic mass is 9.99. The van der Waals surface area contributed by atoms with Gasteiger partial charge in [-0.25, -0.2) is 4.79 Å². The molecule has 1 N–H and O–H groups in total. The van der Waals surface area contributed by atoms with Crippen LogP contribution in [0.5, 0.6) is 17.2 Å². The van der Waals surface area contributed by atoms with Crippen LogP contribution in [-0.4, -0.2) is 82.6 Å². The molecular weight excluding hydrogens is 374 g/mol. The van der Waals surface area contributed by atoms with E-state index in [1.807, 2.05) is 4.90 Å². The van der Waals surface area contributed by atoms with Crippen molar-refractivity contribution < 1.29 is 23.7 Å². The minimum Gasteiger partial charge on any atom is -0.493 e. The fourth-order valence-corrected chi connectivity index (χ4v) is 4.27. The molecule has 0 bridgehead atoms. The first-order chi connectivity index (χ1) is 14.1. The van der Waals surface area contributed by atoms with Gasteiger partial charge in [0.15, 0.2) is 11.5 Å². The van der Waals surface area contributed by atoms with Crippen LogP contribution in [0.2, 0.25) is 0 Å². The lowest BCUT2D eigenvalue weighted by Gasteiger charge is -2.41. The number of ether oxygens (including phenoxy) is 4. The van der Waals surface area contributed by atoms with Crippen molar-refractivity contribution >= 4 is 11.7 Å². The highest BCUT2D eigenvalue weighted by Crippen LogP contribution is 2.40. The van der Waals surface area contributed by atoms with Crippen LogP contribution in [0.25, 0.3) is 0 Å². The molecule has 2 heterocycles. The Hall–Kier alpha value is -2.19. The number of carbonyl (C=O) groups is 1. The smallest absolute Gasteiger partial charge is 0.321 e. The summed E-state index contributed by atoms with van der Waals surface area (Å²) >= 11 is 0. The standard InChI is InChI=1S/C21H33N3O5/c1-26-17-7-11-23(12-8-17)16-5-9-24(10-6-16)21(25)22-15-13-18(27-2)20(29-4)19(14-15)28-3/h13-14,16-17H,5-12H2,1-4H3,(H,22,25). The SMILES string of the molecule is COc1cc(NC(=O)N2CCC(N3CCC(OC)CC3)CC2)cc(OC)c1OC. The Labute approximate surface area is 173 Å². The molecule has 2 aliphatic heterocycles. The van der Waals surface area contributed by atoms with Gasteiger partial charge in [0, 0.05) is 51.5 Å². The van der Waals surface area contributed by atoms with Gasteiger partial charge in [0.2, 0.25) is 5.75 Å². The number of nitrogens with one attached hydrogen (secondary N) is 1. The highest BCUT2D eigenvalue weighted by atomic mass is 16.5. The molecule has 1 aromatic carbocycles. The second kappa shape index (κ2) is 10.0. The monoisotopic (exact) mass is 407 g/mol. The molecular formula is C21H33N3O5. The molecule has 0 radical (unpaired) electrons. The van der Waals surface area contributed by atoms with E-state index in [1.54, 1.807) is 40.6 Å². The number of nitrogens with zero attached hydrogens (tertiary/aromatic N) is 2. The van der Waals surface area contributed by atoms with E-state index < -0.39 is 0 Å². The predicted molar refractivity (Wildman–Crippen MR) is 111 cm³/mol. The zero-order valence-corrected chi connectivity index (χ0v) is 17.9. The van der Waals surface area contributed by atoms with Gasteiger partial charge < -0.3 is 34.1 Å². The lowest BCUT2D eigenvalue weighted by Crippen LogP contribution is -2.50. The van der Waals surface area contributed by atoms with Crippen LogP contribution in [0.1, 0.15) is 25.7 Å². The number of hydrogen-bond donors (Lipinski definition) is 1. The van der Waals surface area contributed by atoms with E-state index in [9.17, 15) is 4.79 Å². The minimum absolute atomic E-state index is 0.101. The molecule has 29 heavy (non-hydrogen) atoms. The van der Waals surface area contributed by atoms with Crippen LogP contribution in [-0.2, 0) is 4.74 Å². The molecule has 2 saturated heterocycles. The maximum absolute atomic E-state index is 12.8.